The Balaban J connectivity index is 1.80. The van der Waals surface area contributed by atoms with Crippen molar-refractivity contribution in [1.29, 1.82) is 0 Å². The van der Waals surface area contributed by atoms with E-state index < -0.39 is 24.5 Å². The van der Waals surface area contributed by atoms with Gasteiger partial charge in [0.05, 0.1) is 16.0 Å². The minimum atomic E-state index is -1.13. The van der Waals surface area contributed by atoms with E-state index in [0.29, 0.717) is 10.0 Å². The summed E-state index contributed by atoms with van der Waals surface area (Å²) in [7, 11) is 0. The third-order valence-electron chi connectivity index (χ3n) is 4.10. The van der Waals surface area contributed by atoms with Gasteiger partial charge in [0.15, 0.2) is 12.4 Å². The van der Waals surface area contributed by atoms with E-state index in [9.17, 15) is 14.4 Å². The van der Waals surface area contributed by atoms with Crippen LogP contribution in [0.3, 0.4) is 0 Å². The number of carboxylic acid groups (broad SMARTS) is 1. The number of nitrogens with one attached hydrogen (secondary N) is 1. The van der Waals surface area contributed by atoms with Gasteiger partial charge in [-0.3, -0.25) is 9.69 Å². The molecule has 1 saturated heterocycles. The Kier molecular flexibility index (Phi) is 6.24. The van der Waals surface area contributed by atoms with E-state index in [2.05, 4.69) is 21.2 Å². The molecule has 0 spiro atoms. The summed E-state index contributed by atoms with van der Waals surface area (Å²) in [5, 5.41) is 11.4. The summed E-state index contributed by atoms with van der Waals surface area (Å²) >= 11 is 9.43. The number of urea groups is 1. The van der Waals surface area contributed by atoms with Crippen LogP contribution in [-0.2, 0) is 16.1 Å². The van der Waals surface area contributed by atoms with Crippen molar-refractivity contribution < 1.29 is 24.2 Å². The Bertz CT molecular complexity index is 997. The molecule has 0 aromatic heterocycles. The molecule has 2 aromatic carbocycles. The number of ether oxygens (including phenoxy) is 1. The summed E-state index contributed by atoms with van der Waals surface area (Å²) in [6.07, 6.45) is 1.49. The lowest BCUT2D eigenvalue weighted by Crippen LogP contribution is -2.30. The van der Waals surface area contributed by atoms with E-state index in [1.165, 1.54) is 12.1 Å². The maximum absolute atomic E-state index is 12.6. The molecule has 150 valence electrons. The van der Waals surface area contributed by atoms with Gasteiger partial charge in [-0.2, -0.15) is 0 Å². The molecule has 0 saturated carbocycles. The number of imide groups is 1. The topological polar surface area (TPSA) is 95.9 Å². The summed E-state index contributed by atoms with van der Waals surface area (Å²) < 4.78 is 5.56. The minimum Gasteiger partial charge on any atom is -0.479 e. The number of carbonyl (C=O) groups is 3. The predicted molar refractivity (Wildman–Crippen MR) is 111 cm³/mol. The maximum atomic E-state index is 12.6. The maximum Gasteiger partial charge on any atom is 0.341 e. The highest BCUT2D eigenvalue weighted by Gasteiger charge is 2.33. The SMILES string of the molecule is Cc1ccc(CN2C(=O)N/C(=C/c3cc(Cl)c(OCC(=O)O)c(Br)c3)C2=O)cc1. The molecule has 2 aromatic rings. The number of hydrogen-bond donors (Lipinski definition) is 2. The van der Waals surface area contributed by atoms with Crippen molar-refractivity contribution in [2.24, 2.45) is 0 Å². The number of aryl methyl sites for hydroxylation is 1. The van der Waals surface area contributed by atoms with Gasteiger partial charge in [0.25, 0.3) is 5.91 Å². The van der Waals surface area contributed by atoms with Crippen LogP contribution >= 0.6 is 27.5 Å². The Hall–Kier alpha value is -2.84. The van der Waals surface area contributed by atoms with Crippen molar-refractivity contribution in [3.63, 3.8) is 0 Å². The van der Waals surface area contributed by atoms with Crippen LogP contribution in [0.15, 0.2) is 46.6 Å². The van der Waals surface area contributed by atoms with E-state index in [4.69, 9.17) is 21.4 Å². The van der Waals surface area contributed by atoms with Crippen LogP contribution in [0.5, 0.6) is 5.75 Å². The Morgan fingerprint density at radius 1 is 1.28 bits per heavy atom. The summed E-state index contributed by atoms with van der Waals surface area (Å²) in [5.74, 6) is -1.40. The van der Waals surface area contributed by atoms with Gasteiger partial charge in [0, 0.05) is 0 Å². The fourth-order valence-electron chi connectivity index (χ4n) is 2.69. The number of benzene rings is 2. The molecule has 0 radical (unpaired) electrons. The third-order valence-corrected chi connectivity index (χ3v) is 4.96. The van der Waals surface area contributed by atoms with Crippen LogP contribution in [0.4, 0.5) is 4.79 Å². The zero-order valence-electron chi connectivity index (χ0n) is 15.2. The molecule has 1 aliphatic rings. The molecule has 3 rings (SSSR count). The highest BCUT2D eigenvalue weighted by molar-refractivity contribution is 9.10. The van der Waals surface area contributed by atoms with Crippen molar-refractivity contribution in [3.8, 4) is 5.75 Å². The molecule has 1 fully saturated rings. The van der Waals surface area contributed by atoms with Gasteiger partial charge in [-0.25, -0.2) is 9.59 Å². The molecular formula is C20H16BrClN2O5. The van der Waals surface area contributed by atoms with Crippen molar-refractivity contribution in [3.05, 3.63) is 68.3 Å². The molecule has 0 atom stereocenters. The zero-order chi connectivity index (χ0) is 21.1. The van der Waals surface area contributed by atoms with Crippen molar-refractivity contribution >= 4 is 51.5 Å². The van der Waals surface area contributed by atoms with Crippen LogP contribution in [0, 0.1) is 6.92 Å². The van der Waals surface area contributed by atoms with Gasteiger partial charge >= 0.3 is 12.0 Å². The Morgan fingerprint density at radius 2 is 1.97 bits per heavy atom. The zero-order valence-corrected chi connectivity index (χ0v) is 17.6. The first-order valence-corrected chi connectivity index (χ1v) is 9.65. The van der Waals surface area contributed by atoms with E-state index >= 15 is 0 Å². The second kappa shape index (κ2) is 8.67. The van der Waals surface area contributed by atoms with Crippen LogP contribution in [0.25, 0.3) is 6.08 Å². The first-order valence-electron chi connectivity index (χ1n) is 8.48. The monoisotopic (exact) mass is 478 g/mol. The smallest absolute Gasteiger partial charge is 0.341 e. The van der Waals surface area contributed by atoms with Crippen LogP contribution < -0.4 is 10.1 Å². The van der Waals surface area contributed by atoms with E-state index in [0.717, 1.165) is 16.0 Å². The molecule has 3 amide bonds. The molecule has 9 heteroatoms. The van der Waals surface area contributed by atoms with Crippen LogP contribution in [0.1, 0.15) is 16.7 Å². The number of nitrogens with zero attached hydrogens (tertiary/aromatic N) is 1. The Labute approximate surface area is 180 Å². The molecule has 2 N–H and O–H groups in total. The second-order valence-corrected chi connectivity index (χ2v) is 7.62. The predicted octanol–water partition coefficient (Wildman–Crippen LogP) is 3.97. The number of aliphatic carboxylic acids is 1. The number of carbonyl (C=O) groups excluding carboxylic acids is 2. The molecule has 0 bridgehead atoms. The van der Waals surface area contributed by atoms with Gasteiger partial charge in [-0.15, -0.1) is 0 Å². The molecule has 0 unspecified atom stereocenters. The van der Waals surface area contributed by atoms with Gasteiger partial charge in [0.1, 0.15) is 5.70 Å². The molecule has 1 aliphatic heterocycles. The number of amides is 3. The lowest BCUT2D eigenvalue weighted by molar-refractivity contribution is -0.139. The molecule has 1 heterocycles. The highest BCUT2D eigenvalue weighted by Crippen LogP contribution is 2.35. The lowest BCUT2D eigenvalue weighted by Gasteiger charge is -2.12. The third kappa shape index (κ3) is 4.96. The largest absolute Gasteiger partial charge is 0.479 e. The fraction of sp³-hybridized carbons (Fsp3) is 0.150. The summed E-state index contributed by atoms with van der Waals surface area (Å²) in [4.78, 5) is 36.7. The Morgan fingerprint density at radius 3 is 2.59 bits per heavy atom. The molecular weight excluding hydrogens is 464 g/mol. The fourth-order valence-corrected chi connectivity index (χ4v) is 3.68. The van der Waals surface area contributed by atoms with E-state index in [-0.39, 0.29) is 23.0 Å². The van der Waals surface area contributed by atoms with Crippen molar-refractivity contribution in [2.75, 3.05) is 6.61 Å². The van der Waals surface area contributed by atoms with Gasteiger partial charge < -0.3 is 15.2 Å². The normalized spacial score (nSPS) is 15.0. The first-order chi connectivity index (χ1) is 13.7. The van der Waals surface area contributed by atoms with Crippen molar-refractivity contribution in [1.82, 2.24) is 10.2 Å². The quantitative estimate of drug-likeness (QED) is 0.483. The number of halogens is 2. The first kappa shape index (κ1) is 20.9. The summed E-state index contributed by atoms with van der Waals surface area (Å²) in [5.41, 5.74) is 2.57. The van der Waals surface area contributed by atoms with Gasteiger partial charge in [-0.1, -0.05) is 41.4 Å². The average Bonchev–Trinajstić information content (AvgIpc) is 2.90. The molecule has 7 nitrogen and oxygen atoms in total. The average molecular weight is 480 g/mol. The molecule has 29 heavy (non-hydrogen) atoms. The van der Waals surface area contributed by atoms with Crippen molar-refractivity contribution in [2.45, 2.75) is 13.5 Å². The van der Waals surface area contributed by atoms with Crippen LogP contribution in [0.2, 0.25) is 5.02 Å². The van der Waals surface area contributed by atoms with Gasteiger partial charge in [-0.05, 0) is 52.2 Å². The van der Waals surface area contributed by atoms with E-state index in [1.54, 1.807) is 6.07 Å². The number of carboxylic acids is 1. The van der Waals surface area contributed by atoms with E-state index in [1.807, 2.05) is 31.2 Å². The summed E-state index contributed by atoms with van der Waals surface area (Å²) in [6.45, 7) is 1.58. The lowest BCUT2D eigenvalue weighted by atomic mass is 10.1. The molecule has 0 aliphatic carbocycles. The minimum absolute atomic E-state index is 0.115. The highest BCUT2D eigenvalue weighted by atomic mass is 79.9. The number of rotatable bonds is 6. The summed E-state index contributed by atoms with van der Waals surface area (Å²) in [6, 6.07) is 10.2. The second-order valence-electron chi connectivity index (χ2n) is 6.36. The van der Waals surface area contributed by atoms with Crippen LogP contribution in [-0.4, -0.2) is 34.5 Å². The van der Waals surface area contributed by atoms with Gasteiger partial charge in [0.2, 0.25) is 0 Å². The standard InChI is InChI=1S/C20H16BrClN2O5/c1-11-2-4-12(5-3-11)9-24-19(27)16(23-20(24)28)8-13-6-14(21)18(15(22)7-13)29-10-17(25)26/h2-8H,9-10H2,1H3,(H,23,28)(H,25,26)/b16-8+. The number of hydrogen-bond acceptors (Lipinski definition) is 4.